The first-order valence-corrected chi connectivity index (χ1v) is 8.00. The maximum Gasteiger partial charge on any atom is 0.247 e. The van der Waals surface area contributed by atoms with Gasteiger partial charge in [0, 0.05) is 12.3 Å². The average molecular weight is 327 g/mol. The van der Waals surface area contributed by atoms with E-state index < -0.39 is 0 Å². The van der Waals surface area contributed by atoms with Crippen molar-refractivity contribution in [2.45, 2.75) is 39.8 Å². The first kappa shape index (κ1) is 16.0. The summed E-state index contributed by atoms with van der Waals surface area (Å²) in [5.41, 5.74) is 0.709. The Morgan fingerprint density at radius 3 is 2.88 bits per heavy atom. The molecule has 0 saturated heterocycles. The fourth-order valence-electron chi connectivity index (χ4n) is 2.42. The van der Waals surface area contributed by atoms with E-state index in [1.165, 1.54) is 0 Å². The molecule has 0 unspecified atom stereocenters. The Morgan fingerprint density at radius 2 is 2.17 bits per heavy atom. The topological polar surface area (TPSA) is 77.9 Å². The van der Waals surface area contributed by atoms with Crippen molar-refractivity contribution in [1.82, 2.24) is 19.6 Å². The van der Waals surface area contributed by atoms with Gasteiger partial charge in [0.05, 0.1) is 12.2 Å². The molecule has 3 heterocycles. The molecule has 24 heavy (non-hydrogen) atoms. The number of hydrogen-bond acceptors (Lipinski definition) is 4. The van der Waals surface area contributed by atoms with E-state index in [9.17, 15) is 4.79 Å². The van der Waals surface area contributed by atoms with Crippen LogP contribution in [-0.4, -0.2) is 25.5 Å². The smallest absolute Gasteiger partial charge is 0.247 e. The van der Waals surface area contributed by atoms with E-state index in [2.05, 4.69) is 29.4 Å². The molecule has 1 amide bonds. The van der Waals surface area contributed by atoms with Crippen LogP contribution in [0.3, 0.4) is 0 Å². The van der Waals surface area contributed by atoms with Crippen molar-refractivity contribution in [3.63, 3.8) is 0 Å². The Hall–Kier alpha value is -2.83. The number of carbonyl (C=O) groups is 1. The van der Waals surface area contributed by atoms with Gasteiger partial charge in [-0.25, -0.2) is 4.68 Å². The van der Waals surface area contributed by atoms with Crippen molar-refractivity contribution in [3.8, 4) is 11.5 Å². The molecule has 0 aromatic carbocycles. The van der Waals surface area contributed by atoms with Crippen molar-refractivity contribution < 1.29 is 9.21 Å². The van der Waals surface area contributed by atoms with Crippen molar-refractivity contribution >= 4 is 11.7 Å². The van der Waals surface area contributed by atoms with E-state index in [1.807, 2.05) is 29.8 Å². The first-order valence-electron chi connectivity index (χ1n) is 8.00. The standard InChI is InChI=1S/C17H21N5O2/c1-4-12(2)22-16(7-9-18-22)19-17(23)11-21-10-8-14(20-21)15-6-5-13(3)24-15/h5-10,12H,4,11H2,1-3H3,(H,19,23)/t12-/m0/s1. The zero-order valence-electron chi connectivity index (χ0n) is 14.1. The van der Waals surface area contributed by atoms with Crippen molar-refractivity contribution in [1.29, 1.82) is 0 Å². The summed E-state index contributed by atoms with van der Waals surface area (Å²) in [6, 6.07) is 7.61. The molecule has 0 aliphatic heterocycles. The quantitative estimate of drug-likeness (QED) is 0.754. The van der Waals surface area contributed by atoms with Crippen molar-refractivity contribution in [2.24, 2.45) is 0 Å². The summed E-state index contributed by atoms with van der Waals surface area (Å²) in [5.74, 6) is 2.07. The van der Waals surface area contributed by atoms with Crippen LogP contribution in [0.1, 0.15) is 32.1 Å². The Labute approximate surface area is 140 Å². The van der Waals surface area contributed by atoms with Crippen LogP contribution in [0.15, 0.2) is 41.1 Å². The van der Waals surface area contributed by atoms with Crippen LogP contribution in [0.5, 0.6) is 0 Å². The predicted molar refractivity (Wildman–Crippen MR) is 90.5 cm³/mol. The fraction of sp³-hybridized carbons (Fsp3) is 0.353. The molecule has 126 valence electrons. The predicted octanol–water partition coefficient (Wildman–Crippen LogP) is 3.26. The van der Waals surface area contributed by atoms with Gasteiger partial charge in [-0.3, -0.25) is 9.48 Å². The van der Waals surface area contributed by atoms with Gasteiger partial charge in [-0.1, -0.05) is 6.92 Å². The number of nitrogens with one attached hydrogen (secondary N) is 1. The zero-order chi connectivity index (χ0) is 17.1. The third-order valence-electron chi connectivity index (χ3n) is 3.89. The molecule has 3 aromatic heterocycles. The minimum Gasteiger partial charge on any atom is -0.460 e. The summed E-state index contributed by atoms with van der Waals surface area (Å²) in [6.07, 6.45) is 4.39. The second-order valence-corrected chi connectivity index (χ2v) is 5.78. The molecule has 0 aliphatic carbocycles. The number of amides is 1. The Bertz CT molecular complexity index is 830. The van der Waals surface area contributed by atoms with Crippen LogP contribution in [-0.2, 0) is 11.3 Å². The lowest BCUT2D eigenvalue weighted by atomic mass is 10.3. The number of nitrogens with zero attached hydrogens (tertiary/aromatic N) is 4. The Balaban J connectivity index is 1.66. The highest BCUT2D eigenvalue weighted by Crippen LogP contribution is 2.20. The molecule has 0 saturated carbocycles. The number of hydrogen-bond donors (Lipinski definition) is 1. The number of anilines is 1. The van der Waals surface area contributed by atoms with Gasteiger partial charge in [-0.05, 0) is 38.5 Å². The van der Waals surface area contributed by atoms with Gasteiger partial charge < -0.3 is 9.73 Å². The maximum atomic E-state index is 12.3. The van der Waals surface area contributed by atoms with E-state index in [4.69, 9.17) is 4.42 Å². The van der Waals surface area contributed by atoms with Gasteiger partial charge in [0.25, 0.3) is 0 Å². The van der Waals surface area contributed by atoms with E-state index in [1.54, 1.807) is 23.1 Å². The number of rotatable bonds is 6. The summed E-state index contributed by atoms with van der Waals surface area (Å²) in [7, 11) is 0. The SMILES string of the molecule is CC[C@H](C)n1nccc1NC(=O)Cn1ccc(-c2ccc(C)o2)n1. The molecule has 0 spiro atoms. The Morgan fingerprint density at radius 1 is 1.33 bits per heavy atom. The lowest BCUT2D eigenvalue weighted by Crippen LogP contribution is -2.22. The molecular formula is C17H21N5O2. The highest BCUT2D eigenvalue weighted by atomic mass is 16.3. The van der Waals surface area contributed by atoms with E-state index in [0.29, 0.717) is 17.3 Å². The van der Waals surface area contributed by atoms with Crippen LogP contribution in [0.2, 0.25) is 0 Å². The summed E-state index contributed by atoms with van der Waals surface area (Å²) in [4.78, 5) is 12.3. The van der Waals surface area contributed by atoms with Gasteiger partial charge >= 0.3 is 0 Å². The number of furan rings is 1. The van der Waals surface area contributed by atoms with E-state index in [0.717, 1.165) is 12.2 Å². The van der Waals surface area contributed by atoms with Gasteiger partial charge in [-0.15, -0.1) is 0 Å². The summed E-state index contributed by atoms with van der Waals surface area (Å²) < 4.78 is 8.95. The van der Waals surface area contributed by atoms with Crippen LogP contribution in [0, 0.1) is 6.92 Å². The number of aromatic nitrogens is 4. The minimum absolute atomic E-state index is 0.130. The molecule has 0 aliphatic rings. The van der Waals surface area contributed by atoms with Gasteiger partial charge in [0.15, 0.2) is 5.76 Å². The third-order valence-corrected chi connectivity index (χ3v) is 3.89. The maximum absolute atomic E-state index is 12.3. The molecule has 0 radical (unpaired) electrons. The van der Waals surface area contributed by atoms with E-state index >= 15 is 0 Å². The minimum atomic E-state index is -0.148. The van der Waals surface area contributed by atoms with Crippen LogP contribution in [0.25, 0.3) is 11.5 Å². The highest BCUT2D eigenvalue weighted by molar-refractivity contribution is 5.89. The monoisotopic (exact) mass is 327 g/mol. The molecule has 3 rings (SSSR count). The van der Waals surface area contributed by atoms with Crippen molar-refractivity contribution in [3.05, 3.63) is 42.4 Å². The van der Waals surface area contributed by atoms with Crippen LogP contribution < -0.4 is 5.32 Å². The molecule has 1 atom stereocenters. The second kappa shape index (κ2) is 6.74. The summed E-state index contributed by atoms with van der Waals surface area (Å²) >= 11 is 0. The Kier molecular flexibility index (Phi) is 4.50. The van der Waals surface area contributed by atoms with E-state index in [-0.39, 0.29) is 18.5 Å². The largest absolute Gasteiger partial charge is 0.460 e. The lowest BCUT2D eigenvalue weighted by molar-refractivity contribution is -0.116. The molecule has 7 nitrogen and oxygen atoms in total. The summed E-state index contributed by atoms with van der Waals surface area (Å²) in [6.45, 7) is 6.16. The molecular weight excluding hydrogens is 306 g/mol. The van der Waals surface area contributed by atoms with Gasteiger partial charge in [-0.2, -0.15) is 10.2 Å². The van der Waals surface area contributed by atoms with Crippen LogP contribution >= 0.6 is 0 Å². The molecule has 0 bridgehead atoms. The zero-order valence-corrected chi connectivity index (χ0v) is 14.1. The first-order chi connectivity index (χ1) is 11.6. The molecule has 3 aromatic rings. The molecule has 1 N–H and O–H groups in total. The lowest BCUT2D eigenvalue weighted by Gasteiger charge is -2.14. The normalized spacial score (nSPS) is 12.3. The molecule has 7 heteroatoms. The van der Waals surface area contributed by atoms with Gasteiger partial charge in [0.2, 0.25) is 5.91 Å². The fourth-order valence-corrected chi connectivity index (χ4v) is 2.42. The highest BCUT2D eigenvalue weighted by Gasteiger charge is 2.13. The number of carbonyl (C=O) groups excluding carboxylic acids is 1. The molecule has 0 fully saturated rings. The second-order valence-electron chi connectivity index (χ2n) is 5.78. The van der Waals surface area contributed by atoms with Gasteiger partial charge in [0.1, 0.15) is 23.8 Å². The number of aryl methyl sites for hydroxylation is 1. The third kappa shape index (κ3) is 3.40. The average Bonchev–Trinajstić information content (AvgIpc) is 3.27. The van der Waals surface area contributed by atoms with Crippen molar-refractivity contribution in [2.75, 3.05) is 5.32 Å². The van der Waals surface area contributed by atoms with Crippen LogP contribution in [0.4, 0.5) is 5.82 Å². The summed E-state index contributed by atoms with van der Waals surface area (Å²) in [5, 5.41) is 11.5.